The second kappa shape index (κ2) is 5.88. The maximum absolute atomic E-state index is 12.2. The van der Waals surface area contributed by atoms with E-state index in [1.54, 1.807) is 12.1 Å². The molecule has 0 aliphatic rings. The first-order valence-corrected chi connectivity index (χ1v) is 9.26. The molecule has 2 N–H and O–H groups in total. The van der Waals surface area contributed by atoms with Crippen molar-refractivity contribution < 1.29 is 21.4 Å². The van der Waals surface area contributed by atoms with Crippen LogP contribution in [0.3, 0.4) is 0 Å². The Hall–Kier alpha value is -1.61. The molecule has 0 aliphatic carbocycles. The molecule has 6 nitrogen and oxygen atoms in total. The Kier molecular flexibility index (Phi) is 4.48. The van der Waals surface area contributed by atoms with Gasteiger partial charge in [0.25, 0.3) is 20.1 Å². The largest absolute Gasteiger partial charge is 0.294 e. The summed E-state index contributed by atoms with van der Waals surface area (Å²) < 4.78 is 57.9. The molecule has 0 amide bonds. The predicted molar refractivity (Wildman–Crippen MR) is 83.3 cm³/mol. The van der Waals surface area contributed by atoms with Crippen LogP contribution >= 0.6 is 11.6 Å². The molecule has 0 heterocycles. The Labute approximate surface area is 133 Å². The molecule has 2 aromatic rings. The number of sulfonamides is 1. The number of hydrogen-bond donors (Lipinski definition) is 2. The molecule has 0 aromatic heterocycles. The molecule has 2 aromatic carbocycles. The molecule has 118 valence electrons. The molecular formula is C13H12ClNO5S2. The molecule has 0 spiro atoms. The average Bonchev–Trinajstić information content (AvgIpc) is 2.40. The number of anilines is 1. The van der Waals surface area contributed by atoms with Gasteiger partial charge in [0.15, 0.2) is 0 Å². The lowest BCUT2D eigenvalue weighted by molar-refractivity contribution is 0.483. The third kappa shape index (κ3) is 3.77. The van der Waals surface area contributed by atoms with Crippen LogP contribution in [0.4, 0.5) is 5.69 Å². The number of halogens is 1. The first kappa shape index (κ1) is 16.8. The van der Waals surface area contributed by atoms with Crippen LogP contribution in [0.5, 0.6) is 0 Å². The van der Waals surface area contributed by atoms with E-state index in [1.165, 1.54) is 18.2 Å². The van der Waals surface area contributed by atoms with Crippen molar-refractivity contribution in [3.8, 4) is 0 Å². The van der Waals surface area contributed by atoms with E-state index in [9.17, 15) is 16.8 Å². The Balaban J connectivity index is 2.43. The predicted octanol–water partition coefficient (Wildman–Crippen LogP) is 2.70. The van der Waals surface area contributed by atoms with E-state index in [4.69, 9.17) is 16.2 Å². The van der Waals surface area contributed by atoms with Crippen LogP contribution in [0, 0.1) is 6.92 Å². The summed E-state index contributed by atoms with van der Waals surface area (Å²) in [5.74, 6) is 0. The van der Waals surface area contributed by atoms with Crippen molar-refractivity contribution in [2.24, 2.45) is 0 Å². The highest BCUT2D eigenvalue weighted by Gasteiger charge is 2.18. The Bertz CT molecular complexity index is 906. The molecule has 22 heavy (non-hydrogen) atoms. The molecule has 0 unspecified atom stereocenters. The zero-order valence-corrected chi connectivity index (χ0v) is 13.7. The summed E-state index contributed by atoms with van der Waals surface area (Å²) in [7, 11) is -8.39. The Morgan fingerprint density at radius 1 is 0.955 bits per heavy atom. The monoisotopic (exact) mass is 361 g/mol. The second-order valence-corrected chi connectivity index (χ2v) is 8.05. The highest BCUT2D eigenvalue weighted by Crippen LogP contribution is 2.27. The minimum absolute atomic E-state index is 0.00286. The fraction of sp³-hybridized carbons (Fsp3) is 0.0769. The van der Waals surface area contributed by atoms with Crippen molar-refractivity contribution in [1.29, 1.82) is 0 Å². The molecule has 0 radical (unpaired) electrons. The van der Waals surface area contributed by atoms with Gasteiger partial charge in [0.1, 0.15) is 0 Å². The fourth-order valence-electron chi connectivity index (χ4n) is 1.66. The number of benzene rings is 2. The van der Waals surface area contributed by atoms with E-state index < -0.39 is 25.0 Å². The molecule has 0 aliphatic heterocycles. The highest BCUT2D eigenvalue weighted by atomic mass is 35.5. The standard InChI is InChI=1S/C13H12ClNO5S2/c1-9-2-4-10(5-3-9)21(16,17)15-13-8-11(22(18,19)20)6-7-12(13)14/h2-8,15H,1H3,(H,18,19,20). The van der Waals surface area contributed by atoms with Crippen LogP contribution in [0.1, 0.15) is 5.56 Å². The molecule has 0 saturated heterocycles. The smallest absolute Gasteiger partial charge is 0.282 e. The zero-order chi connectivity index (χ0) is 16.5. The molecule has 0 bridgehead atoms. The van der Waals surface area contributed by atoms with Crippen molar-refractivity contribution in [2.45, 2.75) is 16.7 Å². The minimum atomic E-state index is -4.46. The van der Waals surface area contributed by atoms with Gasteiger partial charge in [-0.05, 0) is 37.3 Å². The number of rotatable bonds is 4. The van der Waals surface area contributed by atoms with Crippen LogP contribution in [0.2, 0.25) is 5.02 Å². The Morgan fingerprint density at radius 2 is 1.50 bits per heavy atom. The van der Waals surface area contributed by atoms with Crippen molar-refractivity contribution in [1.82, 2.24) is 0 Å². The van der Waals surface area contributed by atoms with Gasteiger partial charge in [-0.25, -0.2) is 8.42 Å². The molecule has 0 fully saturated rings. The number of aryl methyl sites for hydroxylation is 1. The fourth-order valence-corrected chi connectivity index (χ4v) is 3.46. The second-order valence-electron chi connectivity index (χ2n) is 4.54. The van der Waals surface area contributed by atoms with Crippen LogP contribution in [-0.2, 0) is 20.1 Å². The van der Waals surface area contributed by atoms with Gasteiger partial charge in [-0.15, -0.1) is 0 Å². The van der Waals surface area contributed by atoms with Crippen molar-refractivity contribution in [3.63, 3.8) is 0 Å². The molecule has 0 saturated carbocycles. The van der Waals surface area contributed by atoms with Gasteiger partial charge in [-0.1, -0.05) is 29.3 Å². The van der Waals surface area contributed by atoms with Gasteiger partial charge in [-0.3, -0.25) is 9.27 Å². The summed E-state index contributed by atoms with van der Waals surface area (Å²) in [5.41, 5.74) is 0.753. The van der Waals surface area contributed by atoms with Crippen molar-refractivity contribution in [3.05, 3.63) is 53.1 Å². The van der Waals surface area contributed by atoms with Gasteiger partial charge >= 0.3 is 0 Å². The van der Waals surface area contributed by atoms with Crippen molar-refractivity contribution >= 4 is 37.4 Å². The number of nitrogens with one attached hydrogen (secondary N) is 1. The van der Waals surface area contributed by atoms with Gasteiger partial charge < -0.3 is 0 Å². The number of hydrogen-bond acceptors (Lipinski definition) is 4. The Morgan fingerprint density at radius 3 is 2.05 bits per heavy atom. The summed E-state index contributed by atoms with van der Waals surface area (Å²) in [6, 6.07) is 9.29. The third-order valence-electron chi connectivity index (χ3n) is 2.81. The maximum atomic E-state index is 12.2. The summed E-state index contributed by atoms with van der Waals surface area (Å²) in [4.78, 5) is -0.454. The topological polar surface area (TPSA) is 101 Å². The maximum Gasteiger partial charge on any atom is 0.294 e. The lowest BCUT2D eigenvalue weighted by atomic mass is 10.2. The minimum Gasteiger partial charge on any atom is -0.282 e. The van der Waals surface area contributed by atoms with Crippen LogP contribution < -0.4 is 4.72 Å². The molecule has 2 rings (SSSR count). The summed E-state index contributed by atoms with van der Waals surface area (Å²) in [6.45, 7) is 1.82. The summed E-state index contributed by atoms with van der Waals surface area (Å²) in [5, 5.41) is 0.00286. The average molecular weight is 362 g/mol. The third-order valence-corrected chi connectivity index (χ3v) is 5.37. The van der Waals surface area contributed by atoms with E-state index in [2.05, 4.69) is 4.72 Å². The zero-order valence-electron chi connectivity index (χ0n) is 11.3. The summed E-state index contributed by atoms with van der Waals surface area (Å²) >= 11 is 5.86. The molecular weight excluding hydrogens is 350 g/mol. The van der Waals surface area contributed by atoms with E-state index in [0.29, 0.717) is 0 Å². The van der Waals surface area contributed by atoms with Gasteiger partial charge in [-0.2, -0.15) is 8.42 Å². The quantitative estimate of drug-likeness (QED) is 0.815. The first-order chi connectivity index (χ1) is 10.1. The summed E-state index contributed by atoms with van der Waals surface area (Å²) in [6.07, 6.45) is 0. The van der Waals surface area contributed by atoms with Crippen molar-refractivity contribution in [2.75, 3.05) is 4.72 Å². The van der Waals surface area contributed by atoms with E-state index in [0.717, 1.165) is 17.7 Å². The van der Waals surface area contributed by atoms with E-state index >= 15 is 0 Å². The SMILES string of the molecule is Cc1ccc(S(=O)(=O)Nc2cc(S(=O)(=O)O)ccc2Cl)cc1. The first-order valence-electron chi connectivity index (χ1n) is 5.96. The van der Waals surface area contributed by atoms with Gasteiger partial charge in [0, 0.05) is 0 Å². The van der Waals surface area contributed by atoms with Gasteiger partial charge in [0.2, 0.25) is 0 Å². The van der Waals surface area contributed by atoms with E-state index in [-0.39, 0.29) is 15.6 Å². The molecule has 9 heteroatoms. The lowest BCUT2D eigenvalue weighted by Gasteiger charge is -2.11. The van der Waals surface area contributed by atoms with E-state index in [1.807, 2.05) is 6.92 Å². The van der Waals surface area contributed by atoms with Gasteiger partial charge in [0.05, 0.1) is 20.5 Å². The highest BCUT2D eigenvalue weighted by molar-refractivity contribution is 7.92. The molecule has 0 atom stereocenters. The lowest BCUT2D eigenvalue weighted by Crippen LogP contribution is -2.13. The normalized spacial score (nSPS) is 12.1. The van der Waals surface area contributed by atoms with Crippen LogP contribution in [0.15, 0.2) is 52.3 Å². The van der Waals surface area contributed by atoms with Crippen LogP contribution in [-0.4, -0.2) is 21.4 Å². The van der Waals surface area contributed by atoms with Crippen LogP contribution in [0.25, 0.3) is 0 Å².